The van der Waals surface area contributed by atoms with Crippen molar-refractivity contribution < 1.29 is 4.79 Å². The molecule has 106 valence electrons. The van der Waals surface area contributed by atoms with Gasteiger partial charge in [0.1, 0.15) is 5.78 Å². The first-order valence-electron chi connectivity index (χ1n) is 7.93. The molecule has 0 aliphatic carbocycles. The number of carbonyl (C=O) groups is 1. The van der Waals surface area contributed by atoms with Crippen molar-refractivity contribution >= 4 is 5.78 Å². The lowest BCUT2D eigenvalue weighted by atomic mass is 9.76. The van der Waals surface area contributed by atoms with Crippen LogP contribution in [-0.2, 0) is 4.79 Å². The first-order chi connectivity index (χ1) is 8.69. The predicted octanol–water partition coefficient (Wildman–Crippen LogP) is 4.09. The van der Waals surface area contributed by atoms with E-state index in [9.17, 15) is 4.79 Å². The minimum Gasteiger partial charge on any atom is -0.317 e. The molecule has 1 heterocycles. The molecule has 1 aliphatic rings. The van der Waals surface area contributed by atoms with Gasteiger partial charge in [0.25, 0.3) is 0 Å². The molecule has 0 radical (unpaired) electrons. The van der Waals surface area contributed by atoms with Gasteiger partial charge in [0.15, 0.2) is 0 Å². The molecule has 1 fully saturated rings. The van der Waals surface area contributed by atoms with Gasteiger partial charge in [-0.3, -0.25) is 4.79 Å². The molecule has 0 bridgehead atoms. The fraction of sp³-hybridized carbons (Fsp3) is 0.938. The van der Waals surface area contributed by atoms with Gasteiger partial charge in [0.05, 0.1) is 0 Å². The summed E-state index contributed by atoms with van der Waals surface area (Å²) in [5.74, 6) is 0.512. The van der Waals surface area contributed by atoms with Crippen molar-refractivity contribution in [3.8, 4) is 0 Å². The molecule has 0 spiro atoms. The first kappa shape index (κ1) is 15.7. The van der Waals surface area contributed by atoms with Crippen LogP contribution in [0.15, 0.2) is 0 Å². The van der Waals surface area contributed by atoms with Crippen LogP contribution in [0.2, 0.25) is 0 Å². The van der Waals surface area contributed by atoms with E-state index >= 15 is 0 Å². The smallest absolute Gasteiger partial charge is 0.138 e. The van der Waals surface area contributed by atoms with E-state index < -0.39 is 0 Å². The zero-order valence-corrected chi connectivity index (χ0v) is 12.4. The Balaban J connectivity index is 2.05. The van der Waals surface area contributed by atoms with Crippen LogP contribution in [0, 0.1) is 5.41 Å². The summed E-state index contributed by atoms with van der Waals surface area (Å²) in [6.45, 7) is 6.44. The minimum absolute atomic E-state index is 0.0204. The second-order valence-electron chi connectivity index (χ2n) is 6.11. The summed E-state index contributed by atoms with van der Waals surface area (Å²) < 4.78 is 0. The van der Waals surface area contributed by atoms with Crippen molar-refractivity contribution in [1.29, 1.82) is 0 Å². The van der Waals surface area contributed by atoms with Gasteiger partial charge >= 0.3 is 0 Å². The third-order valence-electron chi connectivity index (χ3n) is 4.39. The fourth-order valence-electron chi connectivity index (χ4n) is 2.80. The van der Waals surface area contributed by atoms with E-state index in [1.54, 1.807) is 0 Å². The van der Waals surface area contributed by atoms with Crippen molar-refractivity contribution in [3.63, 3.8) is 0 Å². The Morgan fingerprint density at radius 1 is 1.00 bits per heavy atom. The number of piperidine rings is 1. The zero-order chi connectivity index (χ0) is 13.3. The topological polar surface area (TPSA) is 29.1 Å². The van der Waals surface area contributed by atoms with Crippen molar-refractivity contribution in [2.24, 2.45) is 5.41 Å². The van der Waals surface area contributed by atoms with Crippen LogP contribution >= 0.6 is 0 Å². The highest BCUT2D eigenvalue weighted by atomic mass is 16.1. The molecule has 1 N–H and O–H groups in total. The van der Waals surface area contributed by atoms with Crippen LogP contribution in [0.4, 0.5) is 0 Å². The van der Waals surface area contributed by atoms with Gasteiger partial charge in [-0.25, -0.2) is 0 Å². The van der Waals surface area contributed by atoms with Gasteiger partial charge in [-0.1, -0.05) is 52.4 Å². The van der Waals surface area contributed by atoms with Crippen molar-refractivity contribution in [1.82, 2.24) is 5.32 Å². The number of unbranched alkanes of at least 4 members (excludes halogenated alkanes) is 6. The summed E-state index contributed by atoms with van der Waals surface area (Å²) in [4.78, 5) is 12.2. The zero-order valence-electron chi connectivity index (χ0n) is 12.4. The van der Waals surface area contributed by atoms with Gasteiger partial charge in [0, 0.05) is 11.8 Å². The molecular formula is C16H31NO. The summed E-state index contributed by atoms with van der Waals surface area (Å²) in [7, 11) is 0. The van der Waals surface area contributed by atoms with Crippen LogP contribution < -0.4 is 5.32 Å². The van der Waals surface area contributed by atoms with Crippen LogP contribution in [0.1, 0.15) is 78.1 Å². The average molecular weight is 253 g/mol. The normalized spacial score (nSPS) is 18.8. The Morgan fingerprint density at radius 2 is 1.56 bits per heavy atom. The minimum atomic E-state index is -0.0204. The average Bonchev–Trinajstić information content (AvgIpc) is 2.38. The van der Waals surface area contributed by atoms with Crippen molar-refractivity contribution in [3.05, 3.63) is 0 Å². The molecule has 0 saturated carbocycles. The molecule has 0 atom stereocenters. The number of carbonyl (C=O) groups excluding carboxylic acids is 1. The number of ketones is 1. The van der Waals surface area contributed by atoms with E-state index in [2.05, 4.69) is 19.2 Å². The van der Waals surface area contributed by atoms with Crippen LogP contribution in [0.25, 0.3) is 0 Å². The lowest BCUT2D eigenvalue weighted by Gasteiger charge is -2.32. The number of hydrogen-bond donors (Lipinski definition) is 1. The summed E-state index contributed by atoms with van der Waals surface area (Å²) >= 11 is 0. The van der Waals surface area contributed by atoms with E-state index in [0.29, 0.717) is 5.78 Å². The highest BCUT2D eigenvalue weighted by molar-refractivity contribution is 5.84. The highest BCUT2D eigenvalue weighted by Crippen LogP contribution is 2.30. The van der Waals surface area contributed by atoms with Crippen LogP contribution in [0.3, 0.4) is 0 Å². The summed E-state index contributed by atoms with van der Waals surface area (Å²) in [6.07, 6.45) is 11.9. The summed E-state index contributed by atoms with van der Waals surface area (Å²) in [6, 6.07) is 0. The standard InChI is InChI=1S/C16H31NO/c1-3-4-5-6-7-8-9-10-15(18)16(2)11-13-17-14-12-16/h17H,3-14H2,1-2H3. The SMILES string of the molecule is CCCCCCCCCC(=O)C1(C)CCNCC1. The summed E-state index contributed by atoms with van der Waals surface area (Å²) in [5.41, 5.74) is -0.0204. The monoisotopic (exact) mass is 253 g/mol. The molecule has 0 aromatic rings. The third-order valence-corrected chi connectivity index (χ3v) is 4.39. The maximum absolute atomic E-state index is 12.2. The Hall–Kier alpha value is -0.370. The Kier molecular flexibility index (Phi) is 7.57. The molecule has 0 aromatic carbocycles. The maximum atomic E-state index is 12.2. The van der Waals surface area contributed by atoms with Gasteiger partial charge in [-0.05, 0) is 32.4 Å². The molecule has 0 amide bonds. The molecule has 2 heteroatoms. The van der Waals surface area contributed by atoms with E-state index in [4.69, 9.17) is 0 Å². The van der Waals surface area contributed by atoms with Gasteiger partial charge < -0.3 is 5.32 Å². The molecule has 0 aromatic heterocycles. The Morgan fingerprint density at radius 3 is 2.17 bits per heavy atom. The third kappa shape index (κ3) is 5.51. The Bertz CT molecular complexity index is 231. The largest absolute Gasteiger partial charge is 0.317 e. The second kappa shape index (κ2) is 8.68. The molecule has 2 nitrogen and oxygen atoms in total. The molecular weight excluding hydrogens is 222 g/mol. The van der Waals surface area contributed by atoms with Gasteiger partial charge in [-0.2, -0.15) is 0 Å². The lowest BCUT2D eigenvalue weighted by Crippen LogP contribution is -2.39. The van der Waals surface area contributed by atoms with Crippen molar-refractivity contribution in [2.45, 2.75) is 78.1 Å². The van der Waals surface area contributed by atoms with Gasteiger partial charge in [0.2, 0.25) is 0 Å². The number of hydrogen-bond acceptors (Lipinski definition) is 2. The van der Waals surface area contributed by atoms with Crippen LogP contribution in [0.5, 0.6) is 0 Å². The molecule has 1 aliphatic heterocycles. The molecule has 0 unspecified atom stereocenters. The van der Waals surface area contributed by atoms with E-state index in [1.165, 1.54) is 38.5 Å². The van der Waals surface area contributed by atoms with E-state index in [-0.39, 0.29) is 5.41 Å². The maximum Gasteiger partial charge on any atom is 0.138 e. The molecule has 18 heavy (non-hydrogen) atoms. The van der Waals surface area contributed by atoms with E-state index in [0.717, 1.165) is 38.8 Å². The van der Waals surface area contributed by atoms with E-state index in [1.807, 2.05) is 0 Å². The lowest BCUT2D eigenvalue weighted by molar-refractivity contribution is -0.129. The quantitative estimate of drug-likeness (QED) is 0.627. The number of nitrogens with one attached hydrogen (secondary N) is 1. The number of Topliss-reactive ketones (excluding diaryl/α,β-unsaturated/α-hetero) is 1. The fourth-order valence-corrected chi connectivity index (χ4v) is 2.80. The van der Waals surface area contributed by atoms with Crippen molar-refractivity contribution in [2.75, 3.05) is 13.1 Å². The number of rotatable bonds is 9. The predicted molar refractivity (Wildman–Crippen MR) is 77.8 cm³/mol. The molecule has 1 rings (SSSR count). The highest BCUT2D eigenvalue weighted by Gasteiger charge is 2.33. The van der Waals surface area contributed by atoms with Crippen LogP contribution in [-0.4, -0.2) is 18.9 Å². The molecule has 1 saturated heterocycles. The summed E-state index contributed by atoms with van der Waals surface area (Å²) in [5, 5.41) is 3.34. The Labute approximate surface area is 113 Å². The second-order valence-corrected chi connectivity index (χ2v) is 6.11. The first-order valence-corrected chi connectivity index (χ1v) is 7.93. The van der Waals surface area contributed by atoms with Gasteiger partial charge in [-0.15, -0.1) is 0 Å².